The van der Waals surface area contributed by atoms with Crippen LogP contribution in [-0.4, -0.2) is 26.3 Å². The fourth-order valence-electron chi connectivity index (χ4n) is 1.25. The Morgan fingerprint density at radius 3 is 2.60 bits per heavy atom. The van der Waals surface area contributed by atoms with Crippen LogP contribution in [0.25, 0.3) is 0 Å². The molecule has 0 aromatic rings. The van der Waals surface area contributed by atoms with Crippen LogP contribution in [0.4, 0.5) is 0 Å². The largest absolute Gasteiger partial charge is 0.380 e. The molecular formula is C13H27NO. The first-order valence-electron chi connectivity index (χ1n) is 6.05. The lowest BCUT2D eigenvalue weighted by atomic mass is 10.1. The monoisotopic (exact) mass is 213 g/mol. The molecule has 0 aliphatic carbocycles. The van der Waals surface area contributed by atoms with E-state index >= 15 is 0 Å². The van der Waals surface area contributed by atoms with E-state index in [2.05, 4.69) is 25.7 Å². The maximum absolute atomic E-state index is 5.45. The number of hydrogen-bond donors (Lipinski definition) is 1. The van der Waals surface area contributed by atoms with Gasteiger partial charge < -0.3 is 10.1 Å². The maximum Gasteiger partial charge on any atom is 0.0591 e. The first-order chi connectivity index (χ1) is 7.13. The third kappa shape index (κ3) is 13.7. The van der Waals surface area contributed by atoms with E-state index in [9.17, 15) is 0 Å². The highest BCUT2D eigenvalue weighted by Gasteiger charge is 1.93. The maximum atomic E-state index is 5.45. The van der Waals surface area contributed by atoms with Gasteiger partial charge >= 0.3 is 0 Å². The van der Waals surface area contributed by atoms with E-state index in [1.54, 1.807) is 0 Å². The van der Waals surface area contributed by atoms with Crippen molar-refractivity contribution >= 4 is 0 Å². The molecule has 0 amide bonds. The lowest BCUT2D eigenvalue weighted by molar-refractivity contribution is 0.139. The quantitative estimate of drug-likeness (QED) is 0.445. The Morgan fingerprint density at radius 1 is 1.27 bits per heavy atom. The SMILES string of the molecule is C=C(C)CCOCCNCCCC(C)C. The molecule has 0 atom stereocenters. The molecule has 2 heteroatoms. The summed E-state index contributed by atoms with van der Waals surface area (Å²) in [4.78, 5) is 0. The molecule has 0 rings (SSSR count). The van der Waals surface area contributed by atoms with Crippen molar-refractivity contribution in [2.75, 3.05) is 26.3 Å². The van der Waals surface area contributed by atoms with Gasteiger partial charge in [-0.2, -0.15) is 0 Å². The predicted octanol–water partition coefficient (Wildman–Crippen LogP) is 3.00. The van der Waals surface area contributed by atoms with E-state index in [-0.39, 0.29) is 0 Å². The molecule has 0 aliphatic rings. The normalized spacial score (nSPS) is 10.9. The van der Waals surface area contributed by atoms with Crippen LogP contribution >= 0.6 is 0 Å². The van der Waals surface area contributed by atoms with Crippen molar-refractivity contribution in [3.8, 4) is 0 Å². The van der Waals surface area contributed by atoms with E-state index in [4.69, 9.17) is 4.74 Å². The highest BCUT2D eigenvalue weighted by atomic mass is 16.5. The van der Waals surface area contributed by atoms with Gasteiger partial charge in [-0.3, -0.25) is 0 Å². The van der Waals surface area contributed by atoms with Crippen LogP contribution in [0, 0.1) is 5.92 Å². The molecule has 0 radical (unpaired) electrons. The van der Waals surface area contributed by atoms with Gasteiger partial charge in [-0.05, 0) is 38.6 Å². The van der Waals surface area contributed by atoms with Gasteiger partial charge in [0.05, 0.1) is 13.2 Å². The van der Waals surface area contributed by atoms with Gasteiger partial charge in [0.25, 0.3) is 0 Å². The fraction of sp³-hybridized carbons (Fsp3) is 0.846. The average Bonchev–Trinajstić information content (AvgIpc) is 2.14. The van der Waals surface area contributed by atoms with Crippen molar-refractivity contribution < 1.29 is 4.74 Å². The summed E-state index contributed by atoms with van der Waals surface area (Å²) in [5.74, 6) is 0.818. The van der Waals surface area contributed by atoms with Crippen LogP contribution in [0.15, 0.2) is 12.2 Å². The zero-order valence-electron chi connectivity index (χ0n) is 10.6. The first kappa shape index (κ1) is 14.7. The molecule has 0 bridgehead atoms. The van der Waals surface area contributed by atoms with E-state index in [1.165, 1.54) is 18.4 Å². The Bertz CT molecular complexity index is 155. The highest BCUT2D eigenvalue weighted by molar-refractivity contribution is 4.87. The minimum atomic E-state index is 0.809. The molecule has 0 heterocycles. The summed E-state index contributed by atoms with van der Waals surface area (Å²) in [7, 11) is 0. The van der Waals surface area contributed by atoms with Gasteiger partial charge in [0.2, 0.25) is 0 Å². The molecule has 15 heavy (non-hydrogen) atoms. The van der Waals surface area contributed by atoms with Gasteiger partial charge in [-0.1, -0.05) is 19.4 Å². The van der Waals surface area contributed by atoms with Gasteiger partial charge in [0, 0.05) is 6.54 Å². The third-order valence-electron chi connectivity index (χ3n) is 2.23. The van der Waals surface area contributed by atoms with Crippen molar-refractivity contribution in [3.63, 3.8) is 0 Å². The summed E-state index contributed by atoms with van der Waals surface area (Å²) in [6, 6.07) is 0. The molecule has 0 saturated carbocycles. The van der Waals surface area contributed by atoms with Crippen LogP contribution < -0.4 is 5.32 Å². The minimum Gasteiger partial charge on any atom is -0.380 e. The van der Waals surface area contributed by atoms with E-state index in [0.29, 0.717) is 0 Å². The molecule has 0 spiro atoms. The number of nitrogens with one attached hydrogen (secondary N) is 1. The highest BCUT2D eigenvalue weighted by Crippen LogP contribution is 2.01. The average molecular weight is 213 g/mol. The fourth-order valence-corrected chi connectivity index (χ4v) is 1.25. The number of rotatable bonds is 10. The van der Waals surface area contributed by atoms with Gasteiger partial charge in [0.1, 0.15) is 0 Å². The second-order valence-electron chi connectivity index (χ2n) is 4.61. The molecule has 2 nitrogen and oxygen atoms in total. The molecule has 1 N–H and O–H groups in total. The topological polar surface area (TPSA) is 21.3 Å². The molecule has 90 valence electrons. The Labute approximate surface area is 95.1 Å². The zero-order valence-corrected chi connectivity index (χ0v) is 10.6. The Balaban J connectivity index is 2.96. The van der Waals surface area contributed by atoms with Crippen molar-refractivity contribution in [2.24, 2.45) is 5.92 Å². The molecule has 0 saturated heterocycles. The van der Waals surface area contributed by atoms with Gasteiger partial charge in [-0.15, -0.1) is 6.58 Å². The molecule has 0 unspecified atom stereocenters. The van der Waals surface area contributed by atoms with Gasteiger partial charge in [0.15, 0.2) is 0 Å². The lowest BCUT2D eigenvalue weighted by Crippen LogP contribution is -2.21. The van der Waals surface area contributed by atoms with Crippen LogP contribution in [0.2, 0.25) is 0 Å². The summed E-state index contributed by atoms with van der Waals surface area (Å²) in [5.41, 5.74) is 1.19. The van der Waals surface area contributed by atoms with Crippen LogP contribution in [-0.2, 0) is 4.74 Å². The van der Waals surface area contributed by atoms with Crippen molar-refractivity contribution in [2.45, 2.75) is 40.0 Å². The summed E-state index contributed by atoms with van der Waals surface area (Å²) < 4.78 is 5.45. The lowest BCUT2D eigenvalue weighted by Gasteiger charge is -2.07. The second kappa shape index (κ2) is 10.2. The Morgan fingerprint density at radius 2 is 2.00 bits per heavy atom. The Hall–Kier alpha value is -0.340. The summed E-state index contributed by atoms with van der Waals surface area (Å²) in [6.45, 7) is 14.1. The summed E-state index contributed by atoms with van der Waals surface area (Å²) in [6.07, 6.45) is 3.56. The summed E-state index contributed by atoms with van der Waals surface area (Å²) in [5, 5.41) is 3.38. The second-order valence-corrected chi connectivity index (χ2v) is 4.61. The van der Waals surface area contributed by atoms with Crippen molar-refractivity contribution in [1.82, 2.24) is 5.32 Å². The van der Waals surface area contributed by atoms with E-state index < -0.39 is 0 Å². The van der Waals surface area contributed by atoms with Crippen LogP contribution in [0.3, 0.4) is 0 Å². The standard InChI is InChI=1S/C13H27NO/c1-12(2)6-5-8-14-9-11-15-10-7-13(3)4/h12,14H,3,5-11H2,1-2,4H3. The Kier molecular flexibility index (Phi) is 9.96. The van der Waals surface area contributed by atoms with Crippen LogP contribution in [0.5, 0.6) is 0 Å². The molecular weight excluding hydrogens is 186 g/mol. The predicted molar refractivity (Wildman–Crippen MR) is 67.2 cm³/mol. The number of hydrogen-bond acceptors (Lipinski definition) is 2. The van der Waals surface area contributed by atoms with Crippen molar-refractivity contribution in [1.29, 1.82) is 0 Å². The smallest absolute Gasteiger partial charge is 0.0591 e. The number of ether oxygens (including phenoxy) is 1. The van der Waals surface area contributed by atoms with E-state index in [1.807, 2.05) is 6.92 Å². The molecule has 0 aromatic heterocycles. The zero-order chi connectivity index (χ0) is 11.5. The van der Waals surface area contributed by atoms with E-state index in [0.717, 1.165) is 38.6 Å². The third-order valence-corrected chi connectivity index (χ3v) is 2.23. The molecule has 0 aliphatic heterocycles. The molecule has 0 aromatic carbocycles. The van der Waals surface area contributed by atoms with Crippen LogP contribution in [0.1, 0.15) is 40.0 Å². The molecule has 0 fully saturated rings. The van der Waals surface area contributed by atoms with Crippen molar-refractivity contribution in [3.05, 3.63) is 12.2 Å². The minimum absolute atomic E-state index is 0.809. The summed E-state index contributed by atoms with van der Waals surface area (Å²) >= 11 is 0. The first-order valence-corrected chi connectivity index (χ1v) is 6.05. The van der Waals surface area contributed by atoms with Gasteiger partial charge in [-0.25, -0.2) is 0 Å².